The van der Waals surface area contributed by atoms with Gasteiger partial charge in [-0.3, -0.25) is 10.2 Å². The number of aliphatic hydroxyl groups is 5. The summed E-state index contributed by atoms with van der Waals surface area (Å²) in [6.45, 7) is 0.0756. The smallest absolute Gasteiger partial charge is 0.249 e. The van der Waals surface area contributed by atoms with Crippen LogP contribution in [0.3, 0.4) is 0 Å². The Morgan fingerprint density at radius 3 is 2.30 bits per heavy atom. The van der Waals surface area contributed by atoms with Gasteiger partial charge >= 0.3 is 0 Å². The van der Waals surface area contributed by atoms with E-state index >= 15 is 4.39 Å². The van der Waals surface area contributed by atoms with E-state index in [1.54, 1.807) is 7.05 Å². The van der Waals surface area contributed by atoms with Gasteiger partial charge in [-0.05, 0) is 32.9 Å². The zero-order valence-corrected chi connectivity index (χ0v) is 25.8. The first-order valence-electron chi connectivity index (χ1n) is 15.4. The molecule has 46 heavy (non-hydrogen) atoms. The normalized spacial score (nSPS) is 40.6. The Balaban J connectivity index is 1.85. The highest BCUT2D eigenvalue weighted by Crippen LogP contribution is 2.33. The first-order valence-corrected chi connectivity index (χ1v) is 15.4. The Kier molecular flexibility index (Phi) is 15.1. The van der Waals surface area contributed by atoms with Crippen molar-refractivity contribution in [2.75, 3.05) is 39.8 Å². The summed E-state index contributed by atoms with van der Waals surface area (Å²) in [5.74, 6) is -1.12. The largest absolute Gasteiger partial charge is 0.394 e. The molecule has 0 aromatic carbocycles. The van der Waals surface area contributed by atoms with Crippen molar-refractivity contribution in [1.82, 2.24) is 21.3 Å². The number of halogens is 1. The van der Waals surface area contributed by atoms with Crippen LogP contribution < -0.4 is 44.2 Å². The fourth-order valence-electron chi connectivity index (χ4n) is 5.72. The number of amides is 1. The number of carbonyl (C=O) groups excluding carboxylic acids is 1. The third kappa shape index (κ3) is 9.60. The Hall–Kier alpha value is -1.89. The molecule has 0 radical (unpaired) electrons. The lowest BCUT2D eigenvalue weighted by molar-refractivity contribution is -0.311. The molecular formula is C26H52FN9O10. The van der Waals surface area contributed by atoms with Crippen LogP contribution in [-0.4, -0.2) is 169 Å². The topological polar surface area (TPSA) is 331 Å². The van der Waals surface area contributed by atoms with Crippen molar-refractivity contribution in [3.05, 3.63) is 0 Å². The summed E-state index contributed by atoms with van der Waals surface area (Å²) >= 11 is 0. The maximum absolute atomic E-state index is 16.5. The average Bonchev–Trinajstić information content (AvgIpc) is 3.01. The molecule has 18 N–H and O–H groups in total. The van der Waals surface area contributed by atoms with Crippen LogP contribution in [0.15, 0.2) is 0 Å². The van der Waals surface area contributed by atoms with Gasteiger partial charge in [-0.1, -0.05) is 0 Å². The van der Waals surface area contributed by atoms with Gasteiger partial charge in [0.15, 0.2) is 24.7 Å². The van der Waals surface area contributed by atoms with Crippen LogP contribution in [0.25, 0.3) is 0 Å². The molecule has 0 aromatic rings. The van der Waals surface area contributed by atoms with Crippen LogP contribution in [-0.2, 0) is 23.7 Å². The lowest BCUT2D eigenvalue weighted by atomic mass is 9.84. The predicted octanol–water partition coefficient (Wildman–Crippen LogP) is -7.08. The van der Waals surface area contributed by atoms with Gasteiger partial charge in [-0.15, -0.1) is 0 Å². The maximum Gasteiger partial charge on any atom is 0.249 e. The summed E-state index contributed by atoms with van der Waals surface area (Å²) in [4.78, 5) is 12.8. The standard InChI is InChI=1S/C26H52FN9O10/c1-33-4-5-34-26(32)36-18-19(40)16(9-37)44-25(20(18)41)46-22-12(35-23(42)13(38)2-3-28)6-10(30)21(17(22)27)45-24-11(31)7-14(39)15(8-29)43-24/h10-22,24-25,33,37-41H,2-9,28-31H2,1H3,(H,35,42)(H3,32,34,36)/t10?,11?,12-,13+,14+,15?,16-,17?,18-,19?,20-,21-,22?,24-,25?/m1/s1. The average molecular weight is 670 g/mol. The molecular weight excluding hydrogens is 617 g/mol. The number of hydrogen-bond donors (Lipinski definition) is 14. The number of likely N-dealkylation sites (N-methyl/N-ethyl adjacent to an activating group) is 1. The molecule has 7 unspecified atom stereocenters. The van der Waals surface area contributed by atoms with Crippen LogP contribution in [0.2, 0.25) is 0 Å². The Bertz CT molecular complexity index is 966. The van der Waals surface area contributed by atoms with Crippen LogP contribution in [0.1, 0.15) is 19.3 Å². The van der Waals surface area contributed by atoms with Gasteiger partial charge in [-0.25, -0.2) is 4.39 Å². The molecule has 19 nitrogen and oxygen atoms in total. The lowest BCUT2D eigenvalue weighted by Gasteiger charge is -2.48. The molecule has 1 saturated carbocycles. The summed E-state index contributed by atoms with van der Waals surface area (Å²) in [6, 6.07) is -4.42. The number of aliphatic hydroxyl groups excluding tert-OH is 5. The van der Waals surface area contributed by atoms with E-state index in [0.29, 0.717) is 13.1 Å². The van der Waals surface area contributed by atoms with E-state index in [4.69, 9.17) is 47.3 Å². The molecule has 20 heteroatoms. The third-order valence-electron chi connectivity index (χ3n) is 8.33. The van der Waals surface area contributed by atoms with Crippen LogP contribution in [0, 0.1) is 5.41 Å². The van der Waals surface area contributed by atoms with E-state index in [2.05, 4.69) is 21.3 Å². The zero-order valence-electron chi connectivity index (χ0n) is 25.8. The van der Waals surface area contributed by atoms with Crippen LogP contribution in [0.5, 0.6) is 0 Å². The van der Waals surface area contributed by atoms with Crippen molar-refractivity contribution in [1.29, 1.82) is 5.41 Å². The van der Waals surface area contributed by atoms with Gasteiger partial charge in [0.25, 0.3) is 0 Å². The highest BCUT2D eigenvalue weighted by atomic mass is 19.1. The minimum absolute atomic E-state index is 0.000665. The van der Waals surface area contributed by atoms with Gasteiger partial charge < -0.3 is 88.7 Å². The zero-order chi connectivity index (χ0) is 34.1. The van der Waals surface area contributed by atoms with E-state index in [-0.39, 0.29) is 38.3 Å². The lowest BCUT2D eigenvalue weighted by Crippen LogP contribution is -2.69. The fourth-order valence-corrected chi connectivity index (χ4v) is 5.72. The second-order valence-electron chi connectivity index (χ2n) is 11.8. The molecule has 3 rings (SSSR count). The molecule has 3 fully saturated rings. The second kappa shape index (κ2) is 18.0. The number of nitrogens with two attached hydrogens (primary N) is 4. The number of guanidine groups is 1. The van der Waals surface area contributed by atoms with Crippen LogP contribution in [0.4, 0.5) is 4.39 Å². The molecule has 15 atom stereocenters. The number of alkyl halides is 1. The first-order chi connectivity index (χ1) is 21.9. The van der Waals surface area contributed by atoms with E-state index in [0.717, 1.165) is 0 Å². The number of ether oxygens (including phenoxy) is 4. The molecule has 2 aliphatic heterocycles. The molecule has 0 bridgehead atoms. The molecule has 1 aliphatic carbocycles. The van der Waals surface area contributed by atoms with Crippen molar-refractivity contribution >= 4 is 11.9 Å². The van der Waals surface area contributed by atoms with Gasteiger partial charge in [0.05, 0.1) is 36.9 Å². The summed E-state index contributed by atoms with van der Waals surface area (Å²) in [6.07, 6.45) is -16.1. The van der Waals surface area contributed by atoms with Gasteiger partial charge in [0.2, 0.25) is 5.91 Å². The molecule has 0 spiro atoms. The number of nitrogens with one attached hydrogen (secondary N) is 5. The monoisotopic (exact) mass is 669 g/mol. The van der Waals surface area contributed by atoms with Crippen LogP contribution >= 0.6 is 0 Å². The number of carbonyl (C=O) groups is 1. The van der Waals surface area contributed by atoms with E-state index in [1.165, 1.54) is 0 Å². The van der Waals surface area contributed by atoms with Crippen molar-refractivity contribution in [3.8, 4) is 0 Å². The van der Waals surface area contributed by atoms with Gasteiger partial charge in [0.1, 0.15) is 36.6 Å². The van der Waals surface area contributed by atoms with Crippen molar-refractivity contribution < 1.29 is 53.7 Å². The molecule has 2 heterocycles. The minimum Gasteiger partial charge on any atom is -0.394 e. The predicted molar refractivity (Wildman–Crippen MR) is 159 cm³/mol. The molecule has 3 aliphatic rings. The van der Waals surface area contributed by atoms with Crippen molar-refractivity contribution in [2.24, 2.45) is 22.9 Å². The van der Waals surface area contributed by atoms with E-state index in [9.17, 15) is 30.3 Å². The number of hydrogen-bond acceptors (Lipinski definition) is 16. The summed E-state index contributed by atoms with van der Waals surface area (Å²) in [7, 11) is 1.72. The molecule has 1 amide bonds. The summed E-state index contributed by atoms with van der Waals surface area (Å²) in [5, 5.41) is 71.2. The highest BCUT2D eigenvalue weighted by molar-refractivity contribution is 5.80. The Morgan fingerprint density at radius 2 is 1.67 bits per heavy atom. The maximum atomic E-state index is 16.5. The highest BCUT2D eigenvalue weighted by Gasteiger charge is 2.53. The van der Waals surface area contributed by atoms with Gasteiger partial charge in [-0.2, -0.15) is 0 Å². The van der Waals surface area contributed by atoms with Crippen molar-refractivity contribution in [2.45, 2.75) is 111 Å². The van der Waals surface area contributed by atoms with Crippen molar-refractivity contribution in [3.63, 3.8) is 0 Å². The van der Waals surface area contributed by atoms with E-state index < -0.39 is 104 Å². The molecule has 268 valence electrons. The SMILES string of the molecule is CNCCNC(=N)N[C@@H]1C(O)[C@@H](CO)OC(OC2C(F)[C@H](O[C@H]3OC(CN)[C@@H](O)CC3N)C(N)C[C@H]2NC(=O)[C@@H](O)CCN)[C@@H]1O. The molecule has 0 aromatic heterocycles. The second-order valence-corrected chi connectivity index (χ2v) is 11.8. The Morgan fingerprint density at radius 1 is 1.00 bits per heavy atom. The molecule has 2 saturated heterocycles. The fraction of sp³-hybridized carbons (Fsp3) is 0.923. The minimum atomic E-state index is -2.12. The first kappa shape index (κ1) is 38.6. The third-order valence-corrected chi connectivity index (χ3v) is 8.33. The Labute approximate surface area is 266 Å². The summed E-state index contributed by atoms with van der Waals surface area (Å²) < 4.78 is 39.7. The van der Waals surface area contributed by atoms with E-state index in [1.807, 2.05) is 0 Å². The van der Waals surface area contributed by atoms with Gasteiger partial charge in [0, 0.05) is 25.7 Å². The number of rotatable bonds is 14. The quantitative estimate of drug-likeness (QED) is 0.0464. The summed E-state index contributed by atoms with van der Waals surface area (Å²) in [5.41, 5.74) is 23.6.